The molecule has 1 heterocycles. The smallest absolute Gasteiger partial charge is 0.0799 e. The van der Waals surface area contributed by atoms with Crippen LogP contribution in [0, 0.1) is 12.8 Å². The van der Waals surface area contributed by atoms with Crippen molar-refractivity contribution < 1.29 is 0 Å². The molecule has 0 saturated heterocycles. The molecule has 1 aromatic heterocycles. The number of hydrogen-bond acceptors (Lipinski definition) is 2. The zero-order valence-corrected chi connectivity index (χ0v) is 12.0. The lowest BCUT2D eigenvalue weighted by molar-refractivity contribution is 0.333. The third-order valence-electron chi connectivity index (χ3n) is 3.59. The summed E-state index contributed by atoms with van der Waals surface area (Å²) >= 11 is 0. The summed E-state index contributed by atoms with van der Waals surface area (Å²) < 4.78 is 1.97. The average Bonchev–Trinajstić information content (AvgIpc) is 2.65. The van der Waals surface area contributed by atoms with Crippen LogP contribution in [0.5, 0.6) is 0 Å². The summed E-state index contributed by atoms with van der Waals surface area (Å²) in [5, 5.41) is 8.29. The summed E-state index contributed by atoms with van der Waals surface area (Å²) in [7, 11) is 2.02. The van der Waals surface area contributed by atoms with E-state index in [1.54, 1.807) is 0 Å². The van der Waals surface area contributed by atoms with E-state index in [1.807, 2.05) is 11.7 Å². The number of aromatic nitrogens is 2. The first-order chi connectivity index (χ1) is 8.13. The van der Waals surface area contributed by atoms with Gasteiger partial charge in [-0.05, 0) is 31.9 Å². The van der Waals surface area contributed by atoms with Gasteiger partial charge in [0.15, 0.2) is 0 Å². The molecule has 0 aliphatic rings. The summed E-state index contributed by atoms with van der Waals surface area (Å²) in [5.74, 6) is 0.677. The molecule has 17 heavy (non-hydrogen) atoms. The molecule has 3 heteroatoms. The molecule has 0 radical (unpaired) electrons. The number of aryl methyl sites for hydroxylation is 2. The predicted molar refractivity (Wildman–Crippen MR) is 73.1 cm³/mol. The van der Waals surface area contributed by atoms with E-state index < -0.39 is 0 Å². The zero-order valence-electron chi connectivity index (χ0n) is 12.0. The van der Waals surface area contributed by atoms with E-state index >= 15 is 0 Å². The maximum atomic E-state index is 4.63. The van der Waals surface area contributed by atoms with Crippen LogP contribution < -0.4 is 5.32 Å². The molecule has 0 spiro atoms. The Morgan fingerprint density at radius 2 is 1.94 bits per heavy atom. The lowest BCUT2D eigenvalue weighted by Crippen LogP contribution is -2.29. The van der Waals surface area contributed by atoms with Crippen LogP contribution in [0.4, 0.5) is 0 Å². The molecule has 0 aromatic carbocycles. The van der Waals surface area contributed by atoms with E-state index in [0.29, 0.717) is 12.0 Å². The second-order valence-electron chi connectivity index (χ2n) is 4.84. The van der Waals surface area contributed by atoms with Crippen LogP contribution in [0.3, 0.4) is 0 Å². The Morgan fingerprint density at radius 3 is 2.35 bits per heavy atom. The maximum absolute atomic E-state index is 4.63. The van der Waals surface area contributed by atoms with Gasteiger partial charge in [0.1, 0.15) is 0 Å². The van der Waals surface area contributed by atoms with E-state index in [9.17, 15) is 0 Å². The van der Waals surface area contributed by atoms with Gasteiger partial charge >= 0.3 is 0 Å². The van der Waals surface area contributed by atoms with E-state index in [1.165, 1.54) is 30.7 Å². The molecular formula is C14H27N3. The average molecular weight is 237 g/mol. The first-order valence-electron chi connectivity index (χ1n) is 6.87. The van der Waals surface area contributed by atoms with Crippen molar-refractivity contribution in [2.45, 2.75) is 53.0 Å². The van der Waals surface area contributed by atoms with Crippen molar-refractivity contribution in [1.82, 2.24) is 15.1 Å². The van der Waals surface area contributed by atoms with Gasteiger partial charge in [-0.2, -0.15) is 5.10 Å². The largest absolute Gasteiger partial charge is 0.308 e. The monoisotopic (exact) mass is 237 g/mol. The van der Waals surface area contributed by atoms with Gasteiger partial charge < -0.3 is 5.32 Å². The number of nitrogens with one attached hydrogen (secondary N) is 1. The molecule has 1 unspecified atom stereocenters. The second kappa shape index (κ2) is 6.80. The van der Waals surface area contributed by atoms with Gasteiger partial charge in [0.2, 0.25) is 0 Å². The summed E-state index contributed by atoms with van der Waals surface area (Å²) in [6.45, 7) is 9.92. The topological polar surface area (TPSA) is 29.9 Å². The molecule has 0 saturated carbocycles. The molecule has 0 fully saturated rings. The second-order valence-corrected chi connectivity index (χ2v) is 4.84. The van der Waals surface area contributed by atoms with Crippen LogP contribution in [0.15, 0.2) is 6.07 Å². The third kappa shape index (κ3) is 3.56. The van der Waals surface area contributed by atoms with E-state index in [-0.39, 0.29) is 0 Å². The minimum atomic E-state index is 0.407. The minimum Gasteiger partial charge on any atom is -0.308 e. The van der Waals surface area contributed by atoms with E-state index in [2.05, 4.69) is 44.2 Å². The summed E-state index contributed by atoms with van der Waals surface area (Å²) in [4.78, 5) is 0. The van der Waals surface area contributed by atoms with Crippen molar-refractivity contribution >= 4 is 0 Å². The highest BCUT2D eigenvalue weighted by atomic mass is 15.3. The van der Waals surface area contributed by atoms with Gasteiger partial charge in [-0.1, -0.05) is 33.6 Å². The number of nitrogens with zero attached hydrogens (tertiary/aromatic N) is 2. The van der Waals surface area contributed by atoms with Crippen molar-refractivity contribution in [2.24, 2.45) is 13.0 Å². The molecular weight excluding hydrogens is 210 g/mol. The van der Waals surface area contributed by atoms with Crippen molar-refractivity contribution in [1.29, 1.82) is 0 Å². The summed E-state index contributed by atoms with van der Waals surface area (Å²) in [5.41, 5.74) is 2.43. The van der Waals surface area contributed by atoms with Crippen molar-refractivity contribution in [3.05, 3.63) is 17.5 Å². The normalized spacial score (nSPS) is 13.3. The van der Waals surface area contributed by atoms with Gasteiger partial charge in [0, 0.05) is 12.7 Å². The highest BCUT2D eigenvalue weighted by molar-refractivity contribution is 5.13. The Morgan fingerprint density at radius 1 is 1.29 bits per heavy atom. The summed E-state index contributed by atoms with van der Waals surface area (Å²) in [6.07, 6.45) is 3.57. The lowest BCUT2D eigenvalue weighted by Gasteiger charge is -2.24. The van der Waals surface area contributed by atoms with Gasteiger partial charge in [0.05, 0.1) is 11.7 Å². The Kier molecular flexibility index (Phi) is 5.69. The van der Waals surface area contributed by atoms with Crippen molar-refractivity contribution in [3.8, 4) is 0 Å². The Labute approximate surface area is 106 Å². The van der Waals surface area contributed by atoms with Crippen LogP contribution in [0.1, 0.15) is 57.5 Å². The van der Waals surface area contributed by atoms with Gasteiger partial charge in [-0.3, -0.25) is 4.68 Å². The first kappa shape index (κ1) is 14.2. The predicted octanol–water partition coefficient (Wildman–Crippen LogP) is 3.21. The fourth-order valence-corrected chi connectivity index (χ4v) is 2.31. The summed E-state index contributed by atoms with van der Waals surface area (Å²) in [6, 6.07) is 2.62. The SMILES string of the molecule is CCCNC(c1cc(C)n(C)n1)C(CC)CC. The number of rotatable bonds is 7. The van der Waals surface area contributed by atoms with Crippen LogP contribution >= 0.6 is 0 Å². The van der Waals surface area contributed by atoms with Gasteiger partial charge in [0.25, 0.3) is 0 Å². The lowest BCUT2D eigenvalue weighted by atomic mass is 9.91. The van der Waals surface area contributed by atoms with Crippen LogP contribution in [0.2, 0.25) is 0 Å². The van der Waals surface area contributed by atoms with E-state index in [4.69, 9.17) is 0 Å². The quantitative estimate of drug-likeness (QED) is 0.789. The van der Waals surface area contributed by atoms with Gasteiger partial charge in [-0.15, -0.1) is 0 Å². The highest BCUT2D eigenvalue weighted by Gasteiger charge is 2.22. The first-order valence-corrected chi connectivity index (χ1v) is 6.87. The molecule has 0 bridgehead atoms. The van der Waals surface area contributed by atoms with Crippen molar-refractivity contribution in [3.63, 3.8) is 0 Å². The van der Waals surface area contributed by atoms with E-state index in [0.717, 1.165) is 6.54 Å². The van der Waals surface area contributed by atoms with Crippen molar-refractivity contribution in [2.75, 3.05) is 6.54 Å². The molecule has 1 atom stereocenters. The third-order valence-corrected chi connectivity index (χ3v) is 3.59. The molecule has 0 aliphatic carbocycles. The van der Waals surface area contributed by atoms with Crippen LogP contribution in [-0.2, 0) is 7.05 Å². The number of hydrogen-bond donors (Lipinski definition) is 1. The van der Waals surface area contributed by atoms with Crippen LogP contribution in [-0.4, -0.2) is 16.3 Å². The minimum absolute atomic E-state index is 0.407. The zero-order chi connectivity index (χ0) is 12.8. The molecule has 0 aliphatic heterocycles. The molecule has 0 amide bonds. The Bertz CT molecular complexity index is 307. The molecule has 3 nitrogen and oxygen atoms in total. The molecule has 98 valence electrons. The molecule has 1 N–H and O–H groups in total. The molecule has 1 aromatic rings. The maximum Gasteiger partial charge on any atom is 0.0799 e. The Balaban J connectivity index is 2.88. The highest BCUT2D eigenvalue weighted by Crippen LogP contribution is 2.26. The fourth-order valence-electron chi connectivity index (χ4n) is 2.31. The Hall–Kier alpha value is -0.830. The standard InChI is InChI=1S/C14H27N3/c1-6-9-15-14(12(7-2)8-3)13-10-11(4)17(5)16-13/h10,12,14-15H,6-9H2,1-5H3. The molecule has 1 rings (SSSR count). The fraction of sp³-hybridized carbons (Fsp3) is 0.786. The van der Waals surface area contributed by atoms with Crippen LogP contribution in [0.25, 0.3) is 0 Å². The van der Waals surface area contributed by atoms with Gasteiger partial charge in [-0.25, -0.2) is 0 Å².